The molecule has 124 valence electrons. The molecule has 7 nitrogen and oxygen atoms in total. The first-order chi connectivity index (χ1) is 10.9. The first kappa shape index (κ1) is 17.0. The Balaban J connectivity index is 1.98. The van der Waals surface area contributed by atoms with Crippen LogP contribution < -0.4 is 10.8 Å². The van der Waals surface area contributed by atoms with Crippen molar-refractivity contribution in [3.8, 4) is 0 Å². The van der Waals surface area contributed by atoms with Crippen molar-refractivity contribution >= 4 is 17.8 Å². The topological polar surface area (TPSA) is 93.7 Å². The molecule has 1 aliphatic rings. The molecule has 1 aliphatic carbocycles. The lowest BCUT2D eigenvalue weighted by atomic mass is 10.0. The number of benzene rings is 1. The summed E-state index contributed by atoms with van der Waals surface area (Å²) in [6, 6.07) is 9.55. The number of hydroxylamine groups is 1. The third-order valence-corrected chi connectivity index (χ3v) is 3.30. The molecule has 1 atom stereocenters. The van der Waals surface area contributed by atoms with Gasteiger partial charge in [-0.2, -0.15) is 5.48 Å². The SMILES string of the molecule is CC(=O)NOC(=O)CC(=O)OC(C)(NC1CC1)c1ccccc1. The molecule has 1 amide bonds. The molecule has 23 heavy (non-hydrogen) atoms. The van der Waals surface area contributed by atoms with E-state index in [-0.39, 0.29) is 0 Å². The maximum Gasteiger partial charge on any atom is 0.343 e. The minimum atomic E-state index is -1.02. The van der Waals surface area contributed by atoms with Gasteiger partial charge in [0.15, 0.2) is 5.72 Å². The average molecular weight is 320 g/mol. The fourth-order valence-corrected chi connectivity index (χ4v) is 2.09. The Morgan fingerprint density at radius 3 is 2.39 bits per heavy atom. The van der Waals surface area contributed by atoms with Gasteiger partial charge in [0.2, 0.25) is 5.91 Å². The van der Waals surface area contributed by atoms with E-state index >= 15 is 0 Å². The van der Waals surface area contributed by atoms with Gasteiger partial charge in [0.25, 0.3) is 0 Å². The van der Waals surface area contributed by atoms with E-state index in [1.54, 1.807) is 6.92 Å². The van der Waals surface area contributed by atoms with Crippen molar-refractivity contribution in [2.24, 2.45) is 0 Å². The van der Waals surface area contributed by atoms with Crippen LogP contribution in [-0.2, 0) is 29.7 Å². The van der Waals surface area contributed by atoms with Gasteiger partial charge in [-0.05, 0) is 19.8 Å². The Labute approximate surface area is 134 Å². The Bertz CT molecular complexity index is 585. The standard InChI is InChI=1S/C16H20N2O5/c1-11(19)18-23-15(21)10-14(20)22-16(2,17-13-8-9-13)12-6-4-3-5-7-12/h3-7,13,17H,8-10H2,1-2H3,(H,18,19). The number of carbonyl (C=O) groups excluding carboxylic acids is 3. The van der Waals surface area contributed by atoms with Crippen LogP contribution in [-0.4, -0.2) is 23.9 Å². The van der Waals surface area contributed by atoms with Crippen LogP contribution in [0.2, 0.25) is 0 Å². The molecule has 7 heteroatoms. The van der Waals surface area contributed by atoms with Gasteiger partial charge in [0.1, 0.15) is 6.42 Å². The van der Waals surface area contributed by atoms with E-state index in [1.807, 2.05) is 35.8 Å². The Hall–Kier alpha value is -2.41. The maximum atomic E-state index is 12.0. The van der Waals surface area contributed by atoms with Crippen LogP contribution in [0.15, 0.2) is 30.3 Å². The van der Waals surface area contributed by atoms with E-state index in [0.29, 0.717) is 6.04 Å². The summed E-state index contributed by atoms with van der Waals surface area (Å²) in [5.41, 5.74) is 1.64. The quantitative estimate of drug-likeness (QED) is 0.353. The lowest BCUT2D eigenvalue weighted by molar-refractivity contribution is -0.172. The summed E-state index contributed by atoms with van der Waals surface area (Å²) >= 11 is 0. The summed E-state index contributed by atoms with van der Waals surface area (Å²) in [7, 11) is 0. The first-order valence-corrected chi connectivity index (χ1v) is 7.40. The van der Waals surface area contributed by atoms with E-state index in [1.165, 1.54) is 6.92 Å². The summed E-state index contributed by atoms with van der Waals surface area (Å²) in [5.74, 6) is -2.15. The van der Waals surface area contributed by atoms with Crippen LogP contribution >= 0.6 is 0 Å². The fourth-order valence-electron chi connectivity index (χ4n) is 2.09. The van der Waals surface area contributed by atoms with E-state index in [9.17, 15) is 14.4 Å². The lowest BCUT2D eigenvalue weighted by Gasteiger charge is -2.31. The highest BCUT2D eigenvalue weighted by Gasteiger charge is 2.37. The van der Waals surface area contributed by atoms with Crippen molar-refractivity contribution in [3.05, 3.63) is 35.9 Å². The summed E-state index contributed by atoms with van der Waals surface area (Å²) in [4.78, 5) is 38.6. The smallest absolute Gasteiger partial charge is 0.343 e. The van der Waals surface area contributed by atoms with Gasteiger partial charge >= 0.3 is 11.9 Å². The van der Waals surface area contributed by atoms with Crippen molar-refractivity contribution in [1.29, 1.82) is 0 Å². The number of carbonyl (C=O) groups is 3. The molecule has 0 radical (unpaired) electrons. The molecule has 0 heterocycles. The maximum absolute atomic E-state index is 12.0. The molecule has 2 rings (SSSR count). The second kappa shape index (κ2) is 7.23. The van der Waals surface area contributed by atoms with Crippen molar-refractivity contribution in [3.63, 3.8) is 0 Å². The number of amides is 1. The summed E-state index contributed by atoms with van der Waals surface area (Å²) in [5, 5.41) is 3.27. The van der Waals surface area contributed by atoms with Crippen LogP contribution in [0.1, 0.15) is 38.7 Å². The van der Waals surface area contributed by atoms with Gasteiger partial charge < -0.3 is 9.57 Å². The highest BCUT2D eigenvalue weighted by molar-refractivity contribution is 5.91. The third kappa shape index (κ3) is 5.37. The van der Waals surface area contributed by atoms with Crippen LogP contribution in [0, 0.1) is 0 Å². The molecule has 1 fully saturated rings. The van der Waals surface area contributed by atoms with Gasteiger partial charge in [-0.3, -0.25) is 14.9 Å². The summed E-state index contributed by atoms with van der Waals surface area (Å²) < 4.78 is 5.49. The number of rotatable bonds is 6. The predicted octanol–water partition coefficient (Wildman–Crippen LogP) is 1.14. The zero-order chi connectivity index (χ0) is 16.9. The second-order valence-electron chi connectivity index (χ2n) is 5.60. The van der Waals surface area contributed by atoms with Gasteiger partial charge in [-0.1, -0.05) is 30.3 Å². The molecule has 1 aromatic carbocycles. The van der Waals surface area contributed by atoms with Crippen LogP contribution in [0.5, 0.6) is 0 Å². The fraction of sp³-hybridized carbons (Fsp3) is 0.438. The number of hydrogen-bond donors (Lipinski definition) is 2. The molecule has 1 unspecified atom stereocenters. The van der Waals surface area contributed by atoms with E-state index in [4.69, 9.17) is 4.74 Å². The number of esters is 1. The van der Waals surface area contributed by atoms with Crippen molar-refractivity contribution in [2.45, 2.75) is 44.9 Å². The molecule has 0 spiro atoms. The average Bonchev–Trinajstić information content (AvgIpc) is 3.29. The highest BCUT2D eigenvalue weighted by atomic mass is 16.7. The van der Waals surface area contributed by atoms with Crippen molar-refractivity contribution in [2.75, 3.05) is 0 Å². The Morgan fingerprint density at radius 2 is 1.83 bits per heavy atom. The molecule has 0 aliphatic heterocycles. The second-order valence-corrected chi connectivity index (χ2v) is 5.60. The summed E-state index contributed by atoms with van der Waals surface area (Å²) in [6.45, 7) is 2.94. The molecular weight excluding hydrogens is 300 g/mol. The van der Waals surface area contributed by atoms with Crippen molar-refractivity contribution in [1.82, 2.24) is 10.8 Å². The number of ether oxygens (including phenoxy) is 1. The van der Waals surface area contributed by atoms with Crippen molar-refractivity contribution < 1.29 is 24.0 Å². The predicted molar refractivity (Wildman–Crippen MR) is 80.6 cm³/mol. The third-order valence-electron chi connectivity index (χ3n) is 3.30. The molecule has 0 bridgehead atoms. The molecular formula is C16H20N2O5. The molecule has 1 aromatic rings. The minimum Gasteiger partial charge on any atom is -0.439 e. The van der Waals surface area contributed by atoms with E-state index in [2.05, 4.69) is 10.2 Å². The Kier molecular flexibility index (Phi) is 5.33. The first-order valence-electron chi connectivity index (χ1n) is 7.40. The van der Waals surface area contributed by atoms with Gasteiger partial charge in [-0.15, -0.1) is 0 Å². The van der Waals surface area contributed by atoms with E-state index in [0.717, 1.165) is 18.4 Å². The van der Waals surface area contributed by atoms with Crippen LogP contribution in [0.3, 0.4) is 0 Å². The Morgan fingerprint density at radius 1 is 1.17 bits per heavy atom. The zero-order valence-electron chi connectivity index (χ0n) is 13.1. The molecule has 0 aromatic heterocycles. The number of hydrogen-bond acceptors (Lipinski definition) is 6. The highest BCUT2D eigenvalue weighted by Crippen LogP contribution is 2.29. The van der Waals surface area contributed by atoms with Gasteiger partial charge in [0.05, 0.1) is 0 Å². The normalized spacial score (nSPS) is 16.1. The largest absolute Gasteiger partial charge is 0.439 e. The van der Waals surface area contributed by atoms with E-state index < -0.39 is 30.0 Å². The molecule has 0 saturated heterocycles. The zero-order valence-corrected chi connectivity index (χ0v) is 13.1. The van der Waals surface area contributed by atoms with Crippen LogP contribution in [0.4, 0.5) is 0 Å². The summed E-state index contributed by atoms with van der Waals surface area (Å²) in [6.07, 6.45) is 1.45. The van der Waals surface area contributed by atoms with Gasteiger partial charge in [0, 0.05) is 18.5 Å². The van der Waals surface area contributed by atoms with Crippen LogP contribution in [0.25, 0.3) is 0 Å². The molecule has 2 N–H and O–H groups in total. The number of nitrogens with one attached hydrogen (secondary N) is 2. The lowest BCUT2D eigenvalue weighted by Crippen LogP contribution is -2.45. The monoisotopic (exact) mass is 320 g/mol. The van der Waals surface area contributed by atoms with Gasteiger partial charge in [-0.25, -0.2) is 4.79 Å². The minimum absolute atomic E-state index is 0.291. The molecule has 1 saturated carbocycles.